The maximum atomic E-state index is 15.5. The molecule has 0 spiro atoms. The summed E-state index contributed by atoms with van der Waals surface area (Å²) in [5.74, 6) is -4.10. The molecule has 73 heavy (non-hydrogen) atoms. The van der Waals surface area contributed by atoms with Crippen molar-refractivity contribution in [2.75, 3.05) is 69.7 Å². The predicted molar refractivity (Wildman–Crippen MR) is 263 cm³/mol. The number of methoxy groups -OCH3 is 1. The van der Waals surface area contributed by atoms with E-state index in [2.05, 4.69) is 20.6 Å². The first-order valence-corrected chi connectivity index (χ1v) is 24.2. The zero-order chi connectivity index (χ0) is 53.4. The van der Waals surface area contributed by atoms with Gasteiger partial charge >= 0.3 is 6.18 Å². The molecule has 0 unspecified atom stereocenters. The Morgan fingerprint density at radius 3 is 2.23 bits per heavy atom. The Morgan fingerprint density at radius 1 is 0.986 bits per heavy atom. The number of nitrogens with zero attached hydrogens (tertiary/aromatic N) is 6. The molecule has 6 rings (SSSR count). The number of thiocarbonyl (C=S) groups is 1. The molecule has 4 amide bonds. The lowest BCUT2D eigenvalue weighted by Gasteiger charge is -2.35. The number of likely N-dealkylation sites (tertiary alicyclic amines) is 1. The number of aliphatic hydroxyl groups is 1. The summed E-state index contributed by atoms with van der Waals surface area (Å²) in [6, 6.07) is 11.7. The van der Waals surface area contributed by atoms with E-state index < -0.39 is 81.6 Å². The summed E-state index contributed by atoms with van der Waals surface area (Å²) < 4.78 is 84.6. The molecule has 18 nitrogen and oxygen atoms in total. The van der Waals surface area contributed by atoms with E-state index in [0.29, 0.717) is 4.90 Å². The number of aryl methyl sites for hydroxylation is 1. The number of amides is 4. The Balaban J connectivity index is 0.897. The number of anilines is 2. The van der Waals surface area contributed by atoms with E-state index >= 15 is 4.39 Å². The van der Waals surface area contributed by atoms with Gasteiger partial charge in [-0.1, -0.05) is 45.0 Å². The number of β-amino-alcohol motifs (C(OH)–C–C–N with tert-alkyl or cyclic N) is 1. The number of nitrogens with one attached hydrogen (secondary N) is 2. The molecule has 0 saturated carbocycles. The van der Waals surface area contributed by atoms with Crippen molar-refractivity contribution in [1.29, 1.82) is 5.26 Å². The molecule has 0 radical (unpaired) electrons. The van der Waals surface area contributed by atoms with Crippen molar-refractivity contribution in [3.63, 3.8) is 0 Å². The lowest BCUT2D eigenvalue weighted by molar-refractivity contribution is -0.144. The number of pyridine rings is 1. The number of carbonyl (C=O) groups excluding carboxylic acids is 4. The Kier molecular flexibility index (Phi) is 18.1. The molecule has 0 aliphatic carbocycles. The number of nitriles is 1. The Morgan fingerprint density at radius 2 is 1.63 bits per heavy atom. The highest BCUT2D eigenvalue weighted by Crippen LogP contribution is 2.44. The fourth-order valence-corrected chi connectivity index (χ4v) is 9.45. The first-order chi connectivity index (χ1) is 34.5. The molecule has 3 N–H and O–H groups in total. The topological polar surface area (TPSA) is 218 Å². The second-order valence-electron chi connectivity index (χ2n) is 18.5. The van der Waals surface area contributed by atoms with Crippen LogP contribution in [0.5, 0.6) is 11.8 Å². The minimum Gasteiger partial charge on any atom is -0.479 e. The van der Waals surface area contributed by atoms with E-state index in [1.54, 1.807) is 37.6 Å². The summed E-state index contributed by atoms with van der Waals surface area (Å²) in [6.45, 7) is 10.7. The Labute approximate surface area is 428 Å². The molecule has 392 valence electrons. The lowest BCUT2D eigenvalue weighted by atomic mass is 9.85. The quantitative estimate of drug-likeness (QED) is 0.0518. The molecule has 3 atom stereocenters. The number of aromatic nitrogens is 2. The zero-order valence-electron chi connectivity index (χ0n) is 41.1. The first kappa shape index (κ1) is 55.9. The largest absolute Gasteiger partial charge is 0.479 e. The SMILES string of the molecule is COc1nc(OCCOCCOCCOCC(=O)N[C@H](C(=O)N2C[C@H](O)C[C@H]2C(=O)NCc2ccc(-c3scnc3C)cc2)C(C)(C)C)ccc1N1C(=S)N(c2ccc(C#N)c(C(F)(F)F)c2F)C(=O)C1(C)C. The van der Waals surface area contributed by atoms with Gasteiger partial charge in [0.2, 0.25) is 29.5 Å². The van der Waals surface area contributed by atoms with Crippen molar-refractivity contribution in [1.82, 2.24) is 25.5 Å². The summed E-state index contributed by atoms with van der Waals surface area (Å²) in [6.07, 6.45) is -6.09. The smallest absolute Gasteiger partial charge is 0.420 e. The second kappa shape index (κ2) is 23.7. The molecule has 2 fully saturated rings. The van der Waals surface area contributed by atoms with Gasteiger partial charge in [-0.3, -0.25) is 29.0 Å². The van der Waals surface area contributed by atoms with Gasteiger partial charge in [-0.25, -0.2) is 9.37 Å². The third kappa shape index (κ3) is 13.1. The number of alkyl halides is 3. The molecule has 2 aromatic heterocycles. The van der Waals surface area contributed by atoms with Crippen LogP contribution in [0.15, 0.2) is 54.0 Å². The van der Waals surface area contributed by atoms with E-state index in [1.807, 2.05) is 31.2 Å². The molecule has 0 bridgehead atoms. The molecule has 4 heterocycles. The van der Waals surface area contributed by atoms with Gasteiger partial charge in [-0.15, -0.1) is 11.3 Å². The van der Waals surface area contributed by atoms with Gasteiger partial charge in [0.25, 0.3) is 5.91 Å². The minimum atomic E-state index is -5.23. The van der Waals surface area contributed by atoms with Crippen LogP contribution in [0.2, 0.25) is 0 Å². The molecule has 2 aromatic carbocycles. The molecule has 24 heteroatoms. The van der Waals surface area contributed by atoms with Gasteiger partial charge in [0.1, 0.15) is 42.1 Å². The van der Waals surface area contributed by atoms with E-state index in [4.69, 9.17) is 35.9 Å². The maximum Gasteiger partial charge on any atom is 0.420 e. The summed E-state index contributed by atoms with van der Waals surface area (Å²) in [7, 11) is 1.29. The van der Waals surface area contributed by atoms with E-state index in [0.717, 1.165) is 33.8 Å². The molecular formula is C49H56F4N8O10S2. The molecule has 2 aliphatic rings. The fraction of sp³-hybridized carbons (Fsp3) is 0.469. The Bertz CT molecular complexity index is 2710. The van der Waals surface area contributed by atoms with E-state index in [1.165, 1.54) is 49.0 Å². The van der Waals surface area contributed by atoms with Gasteiger partial charge in [0.15, 0.2) is 10.9 Å². The molecule has 4 aromatic rings. The summed E-state index contributed by atoms with van der Waals surface area (Å²) >= 11 is 7.07. The molecule has 2 aliphatic heterocycles. The maximum absolute atomic E-state index is 15.5. The number of carbonyl (C=O) groups is 4. The third-order valence-corrected chi connectivity index (χ3v) is 13.2. The number of hydrogen-bond donors (Lipinski definition) is 3. The highest BCUT2D eigenvalue weighted by atomic mass is 32.1. The van der Waals surface area contributed by atoms with Gasteiger partial charge in [0.05, 0.1) is 79.6 Å². The van der Waals surface area contributed by atoms with Crippen LogP contribution in [-0.4, -0.2) is 132 Å². The van der Waals surface area contributed by atoms with Crippen LogP contribution in [-0.2, 0) is 46.1 Å². The van der Waals surface area contributed by atoms with Crippen molar-refractivity contribution in [2.24, 2.45) is 5.41 Å². The van der Waals surface area contributed by atoms with Crippen LogP contribution in [0.4, 0.5) is 28.9 Å². The Hall–Kier alpha value is -6.36. The van der Waals surface area contributed by atoms with Gasteiger partial charge < -0.3 is 44.3 Å². The first-order valence-electron chi connectivity index (χ1n) is 22.9. The van der Waals surface area contributed by atoms with E-state index in [9.17, 15) is 42.7 Å². The zero-order valence-corrected chi connectivity index (χ0v) is 42.8. The summed E-state index contributed by atoms with van der Waals surface area (Å²) in [5, 5.41) is 25.0. The highest BCUT2D eigenvalue weighted by molar-refractivity contribution is 7.81. The average molecular weight is 1060 g/mol. The number of hydrogen-bond acceptors (Lipinski definition) is 15. The third-order valence-electron chi connectivity index (χ3n) is 11.8. The van der Waals surface area contributed by atoms with Crippen LogP contribution in [0.3, 0.4) is 0 Å². The minimum absolute atomic E-state index is 0.0431. The highest BCUT2D eigenvalue weighted by Gasteiger charge is 2.53. The summed E-state index contributed by atoms with van der Waals surface area (Å²) in [5.41, 5.74) is -1.10. The van der Waals surface area contributed by atoms with Gasteiger partial charge in [-0.2, -0.15) is 23.4 Å². The van der Waals surface area contributed by atoms with Crippen LogP contribution in [0.1, 0.15) is 63.4 Å². The number of rotatable bonds is 21. The van der Waals surface area contributed by atoms with Crippen LogP contribution < -0.4 is 29.9 Å². The monoisotopic (exact) mass is 1060 g/mol. The summed E-state index contributed by atoms with van der Waals surface area (Å²) in [4.78, 5) is 66.9. The van der Waals surface area contributed by atoms with Gasteiger partial charge in [-0.05, 0) is 67.7 Å². The number of halogens is 4. The van der Waals surface area contributed by atoms with Crippen molar-refractivity contribution < 1.29 is 65.5 Å². The van der Waals surface area contributed by atoms with Crippen molar-refractivity contribution in [3.05, 3.63) is 82.2 Å². The molecular weight excluding hydrogens is 1000 g/mol. The van der Waals surface area contributed by atoms with Crippen LogP contribution >= 0.6 is 23.6 Å². The van der Waals surface area contributed by atoms with Crippen molar-refractivity contribution >= 4 is 63.7 Å². The van der Waals surface area contributed by atoms with Crippen LogP contribution in [0, 0.1) is 29.5 Å². The molecule has 2 saturated heterocycles. The standard InChI is InChI=1S/C49H56F4N8O10S2/c1-28-40(73-27-56-28)30-10-8-29(9-11-30)24-55-42(64)35-22-32(62)25-59(35)44(65)41(47(2,3)4)57-36(63)26-70-19-18-68-16-17-69-20-21-71-37-15-14-34(43(58-37)67-7)61-46(72)60(45(66)48(61,5)6)33-13-12-31(23-54)38(39(33)50)49(51,52)53/h8-15,27,32,35,41,62H,16-22,24-26H2,1-7H3,(H,55,64)(H,57,63)/t32-,35+,41-/m1/s1. The van der Waals surface area contributed by atoms with Gasteiger partial charge in [0, 0.05) is 25.6 Å². The number of benzene rings is 2. The lowest BCUT2D eigenvalue weighted by Crippen LogP contribution is -2.58. The number of aliphatic hydroxyl groups excluding tert-OH is 1. The number of thiazole rings is 1. The van der Waals surface area contributed by atoms with Crippen molar-refractivity contribution in [2.45, 2.75) is 84.4 Å². The average Bonchev–Trinajstić information content (AvgIpc) is 4.00. The van der Waals surface area contributed by atoms with Crippen molar-refractivity contribution in [3.8, 4) is 28.3 Å². The second-order valence-corrected chi connectivity index (χ2v) is 19.7. The normalized spacial score (nSPS) is 17.2. The van der Waals surface area contributed by atoms with Crippen LogP contribution in [0.25, 0.3) is 10.4 Å². The number of ether oxygens (including phenoxy) is 5. The fourth-order valence-electron chi connectivity index (χ4n) is 8.13. The van der Waals surface area contributed by atoms with E-state index in [-0.39, 0.29) is 88.3 Å². The predicted octanol–water partition coefficient (Wildman–Crippen LogP) is 5.71.